The van der Waals surface area contributed by atoms with E-state index in [2.05, 4.69) is 39.1 Å². The summed E-state index contributed by atoms with van der Waals surface area (Å²) in [5, 5.41) is 21.6. The van der Waals surface area contributed by atoms with Crippen LogP contribution in [0.5, 0.6) is 0 Å². The van der Waals surface area contributed by atoms with Gasteiger partial charge in [0.1, 0.15) is 12.7 Å². The maximum atomic E-state index is 12.0. The number of nitrogens with zero attached hydrogens (tertiary/aromatic N) is 4. The van der Waals surface area contributed by atoms with Crippen molar-refractivity contribution in [3.63, 3.8) is 0 Å². The van der Waals surface area contributed by atoms with Crippen LogP contribution in [0.25, 0.3) is 5.70 Å². The summed E-state index contributed by atoms with van der Waals surface area (Å²) in [5.74, 6) is -0.876. The lowest BCUT2D eigenvalue weighted by atomic mass is 10.0. The van der Waals surface area contributed by atoms with Crippen molar-refractivity contribution in [3.8, 4) is 6.07 Å². The fourth-order valence-electron chi connectivity index (χ4n) is 3.23. The van der Waals surface area contributed by atoms with Gasteiger partial charge in [0.05, 0.1) is 18.9 Å². The second kappa shape index (κ2) is 11.2. The normalized spacial score (nSPS) is 16.2. The summed E-state index contributed by atoms with van der Waals surface area (Å²) < 4.78 is 5.38. The van der Waals surface area contributed by atoms with Gasteiger partial charge in [-0.05, 0) is 37.1 Å². The molecule has 1 fully saturated rings. The lowest BCUT2D eigenvalue weighted by molar-refractivity contribution is 0.0577. The maximum Gasteiger partial charge on any atom is 0.268 e. The number of ether oxygens (including phenoxy) is 1. The van der Waals surface area contributed by atoms with Crippen LogP contribution in [0.3, 0.4) is 0 Å². The lowest BCUT2D eigenvalue weighted by Gasteiger charge is -2.28. The fraction of sp³-hybridized carbons (Fsp3) is 0.250. The standard InChI is InChI=1S/C24H26N6O3/c1-27-22(18-2-4-19(5-3-18)23(31)24(26,32)16-25)10-11-28-17-29-20-6-8-21(9-7-20)30-12-14-33-15-13-30/h2-11,29,32H,1,12-15,17,26H2/b22-10-,28-11?. The molecule has 4 N–H and O–H groups in total. The number of ketones is 1. The quantitative estimate of drug-likeness (QED) is 0.232. The number of carbonyl (C=O) groups is 1. The molecule has 0 bridgehead atoms. The molecule has 170 valence electrons. The van der Waals surface area contributed by atoms with Gasteiger partial charge in [-0.2, -0.15) is 5.26 Å². The van der Waals surface area contributed by atoms with Gasteiger partial charge in [-0.15, -0.1) is 0 Å². The van der Waals surface area contributed by atoms with Gasteiger partial charge in [0.25, 0.3) is 5.72 Å². The van der Waals surface area contributed by atoms with E-state index in [1.807, 2.05) is 12.1 Å². The van der Waals surface area contributed by atoms with E-state index in [1.165, 1.54) is 23.9 Å². The maximum absolute atomic E-state index is 12.0. The number of allylic oxidation sites excluding steroid dienone is 1. The highest BCUT2D eigenvalue weighted by Gasteiger charge is 2.31. The number of aliphatic imine (C=N–C) groups is 2. The zero-order chi connectivity index (χ0) is 23.7. The average molecular weight is 447 g/mol. The highest BCUT2D eigenvalue weighted by molar-refractivity contribution is 6.04. The van der Waals surface area contributed by atoms with Crippen LogP contribution in [0.1, 0.15) is 15.9 Å². The van der Waals surface area contributed by atoms with Gasteiger partial charge in [0.15, 0.2) is 0 Å². The molecule has 2 aromatic rings. The lowest BCUT2D eigenvalue weighted by Crippen LogP contribution is -2.46. The molecule has 3 rings (SSSR count). The minimum Gasteiger partial charge on any atom is -0.378 e. The molecule has 1 heterocycles. The first-order chi connectivity index (χ1) is 15.9. The van der Waals surface area contributed by atoms with Gasteiger partial charge in [0.2, 0.25) is 5.78 Å². The Morgan fingerprint density at radius 3 is 2.45 bits per heavy atom. The van der Waals surface area contributed by atoms with Crippen LogP contribution in [0.4, 0.5) is 11.4 Å². The number of nitrogens with one attached hydrogen (secondary N) is 1. The zero-order valence-corrected chi connectivity index (χ0v) is 18.1. The molecule has 33 heavy (non-hydrogen) atoms. The van der Waals surface area contributed by atoms with Gasteiger partial charge < -0.3 is 20.1 Å². The van der Waals surface area contributed by atoms with Gasteiger partial charge in [-0.3, -0.25) is 20.5 Å². The Labute approximate surface area is 192 Å². The highest BCUT2D eigenvalue weighted by Crippen LogP contribution is 2.19. The molecule has 2 aromatic carbocycles. The van der Waals surface area contributed by atoms with E-state index in [1.54, 1.807) is 24.4 Å². The van der Waals surface area contributed by atoms with Crippen molar-refractivity contribution in [3.05, 3.63) is 65.7 Å². The van der Waals surface area contributed by atoms with Crippen LogP contribution in [0.2, 0.25) is 0 Å². The number of Topliss-reactive ketones (excluding diaryl/α,β-unsaturated/α-hetero) is 1. The second-order valence-electron chi connectivity index (χ2n) is 7.31. The van der Waals surface area contributed by atoms with Crippen molar-refractivity contribution in [1.29, 1.82) is 5.26 Å². The average Bonchev–Trinajstić information content (AvgIpc) is 2.87. The number of carbonyl (C=O) groups excluding carboxylic acids is 1. The van der Waals surface area contributed by atoms with Crippen molar-refractivity contribution in [2.75, 3.05) is 43.2 Å². The first-order valence-corrected chi connectivity index (χ1v) is 10.4. The number of anilines is 2. The first-order valence-electron chi connectivity index (χ1n) is 10.4. The summed E-state index contributed by atoms with van der Waals surface area (Å²) in [7, 11) is 0. The number of hydrogen-bond donors (Lipinski definition) is 3. The van der Waals surface area contributed by atoms with E-state index in [0.29, 0.717) is 17.9 Å². The van der Waals surface area contributed by atoms with Gasteiger partial charge in [0, 0.05) is 41.8 Å². The molecule has 1 atom stereocenters. The molecule has 1 unspecified atom stereocenters. The van der Waals surface area contributed by atoms with E-state index >= 15 is 0 Å². The third-order valence-corrected chi connectivity index (χ3v) is 5.09. The van der Waals surface area contributed by atoms with Gasteiger partial charge >= 0.3 is 0 Å². The predicted octanol–water partition coefficient (Wildman–Crippen LogP) is 2.06. The number of hydrogen-bond acceptors (Lipinski definition) is 9. The van der Waals surface area contributed by atoms with E-state index in [-0.39, 0.29) is 5.56 Å². The van der Waals surface area contributed by atoms with Crippen molar-refractivity contribution >= 4 is 35.8 Å². The fourth-order valence-corrected chi connectivity index (χ4v) is 3.23. The Hall–Kier alpha value is -3.84. The number of morpholine rings is 1. The van der Waals surface area contributed by atoms with Crippen LogP contribution in [-0.4, -0.2) is 62.5 Å². The summed E-state index contributed by atoms with van der Waals surface area (Å²) >= 11 is 0. The van der Waals surface area contributed by atoms with Crippen LogP contribution in [0.15, 0.2) is 64.6 Å². The molecule has 0 aliphatic carbocycles. The molecule has 9 nitrogen and oxygen atoms in total. The topological polar surface area (TPSA) is 136 Å². The van der Waals surface area contributed by atoms with Crippen molar-refractivity contribution in [2.45, 2.75) is 5.72 Å². The molecule has 1 aliphatic rings. The van der Waals surface area contributed by atoms with Crippen molar-refractivity contribution in [1.82, 2.24) is 0 Å². The van der Waals surface area contributed by atoms with Gasteiger partial charge in [-0.1, -0.05) is 24.3 Å². The van der Waals surface area contributed by atoms with E-state index in [9.17, 15) is 9.90 Å². The van der Waals surface area contributed by atoms with E-state index < -0.39 is 11.5 Å². The number of benzene rings is 2. The Morgan fingerprint density at radius 2 is 1.85 bits per heavy atom. The third kappa shape index (κ3) is 6.33. The Bertz CT molecular complexity index is 1060. The molecular formula is C24H26N6O3. The molecule has 0 aromatic heterocycles. The Morgan fingerprint density at radius 1 is 1.21 bits per heavy atom. The number of nitrogens with two attached hydrogens (primary N) is 1. The van der Waals surface area contributed by atoms with Crippen LogP contribution < -0.4 is 16.0 Å². The van der Waals surface area contributed by atoms with E-state index in [4.69, 9.17) is 15.7 Å². The molecular weight excluding hydrogens is 420 g/mol. The largest absolute Gasteiger partial charge is 0.378 e. The van der Waals surface area contributed by atoms with Crippen molar-refractivity contribution in [2.24, 2.45) is 15.7 Å². The summed E-state index contributed by atoms with van der Waals surface area (Å²) in [5.41, 5.74) is 6.21. The number of nitriles is 1. The molecule has 0 radical (unpaired) electrons. The van der Waals surface area contributed by atoms with E-state index in [0.717, 1.165) is 32.0 Å². The van der Waals surface area contributed by atoms with Crippen molar-refractivity contribution < 1.29 is 14.6 Å². The Balaban J connectivity index is 1.54. The van der Waals surface area contributed by atoms with Gasteiger partial charge in [-0.25, -0.2) is 0 Å². The summed E-state index contributed by atoms with van der Waals surface area (Å²) in [6.07, 6.45) is 3.31. The SMILES string of the molecule is C=N/C(=C\C=NCNc1ccc(N2CCOCC2)cc1)c1ccc(C(=O)C(N)(O)C#N)cc1. The summed E-state index contributed by atoms with van der Waals surface area (Å²) in [4.78, 5) is 22.6. The molecule has 1 aliphatic heterocycles. The minimum atomic E-state index is -2.56. The highest BCUT2D eigenvalue weighted by atomic mass is 16.5. The monoisotopic (exact) mass is 446 g/mol. The smallest absolute Gasteiger partial charge is 0.268 e. The minimum absolute atomic E-state index is 0.117. The summed E-state index contributed by atoms with van der Waals surface area (Å²) in [6.45, 7) is 7.26. The molecule has 1 saturated heterocycles. The number of aliphatic hydroxyl groups is 1. The van der Waals surface area contributed by atoms with Crippen LogP contribution >= 0.6 is 0 Å². The third-order valence-electron chi connectivity index (χ3n) is 5.09. The molecule has 0 saturated carbocycles. The Kier molecular flexibility index (Phi) is 8.05. The van der Waals surface area contributed by atoms with Crippen LogP contribution in [-0.2, 0) is 4.74 Å². The second-order valence-corrected chi connectivity index (χ2v) is 7.31. The first kappa shape index (κ1) is 23.8. The number of rotatable bonds is 9. The summed E-state index contributed by atoms with van der Waals surface area (Å²) in [6, 6.07) is 15.7. The molecule has 0 amide bonds. The predicted molar refractivity (Wildman–Crippen MR) is 130 cm³/mol. The molecule has 0 spiro atoms. The molecule has 9 heteroatoms. The van der Waals surface area contributed by atoms with Crippen LogP contribution in [0, 0.1) is 11.3 Å². The zero-order valence-electron chi connectivity index (χ0n) is 18.1.